The van der Waals surface area contributed by atoms with Crippen LogP contribution in [0.25, 0.3) is 0 Å². The Morgan fingerprint density at radius 2 is 1.83 bits per heavy atom. The van der Waals surface area contributed by atoms with Crippen LogP contribution in [0.2, 0.25) is 0 Å². The lowest BCUT2D eigenvalue weighted by molar-refractivity contribution is -0.121. The van der Waals surface area contributed by atoms with Crippen molar-refractivity contribution in [3.63, 3.8) is 0 Å². The molecule has 0 fully saturated rings. The van der Waals surface area contributed by atoms with Gasteiger partial charge in [-0.15, -0.1) is 0 Å². The predicted molar refractivity (Wildman–Crippen MR) is 117 cm³/mol. The topological polar surface area (TPSA) is 84.5 Å². The van der Waals surface area contributed by atoms with Crippen molar-refractivity contribution in [3.05, 3.63) is 58.7 Å². The third-order valence-electron chi connectivity index (χ3n) is 5.45. The van der Waals surface area contributed by atoms with Crippen LogP contribution in [-0.2, 0) is 34.2 Å². The monoisotopic (exact) mass is 430 g/mol. The lowest BCUT2D eigenvalue weighted by Crippen LogP contribution is -2.27. The number of hydrogen-bond acceptors (Lipinski definition) is 4. The van der Waals surface area contributed by atoms with Gasteiger partial charge in [0.2, 0.25) is 15.9 Å². The van der Waals surface area contributed by atoms with E-state index in [0.29, 0.717) is 17.9 Å². The zero-order chi connectivity index (χ0) is 21.6. The first kappa shape index (κ1) is 22.3. The first-order chi connectivity index (χ1) is 14.4. The number of benzene rings is 2. The Kier molecular flexibility index (Phi) is 7.50. The lowest BCUT2D eigenvalue weighted by Gasteiger charge is -2.16. The highest BCUT2D eigenvalue weighted by atomic mass is 32.2. The van der Waals surface area contributed by atoms with Gasteiger partial charge in [-0.2, -0.15) is 0 Å². The molecule has 1 amide bonds. The molecule has 1 aliphatic carbocycles. The number of hydrogen-bond donors (Lipinski definition) is 2. The summed E-state index contributed by atoms with van der Waals surface area (Å²) in [6.07, 6.45) is 4.94. The molecular weight excluding hydrogens is 400 g/mol. The third-order valence-corrected chi connectivity index (χ3v) is 6.91. The number of carbonyl (C=O) groups is 1. The normalized spacial score (nSPS) is 13.5. The molecule has 2 aromatic carbocycles. The van der Waals surface area contributed by atoms with Gasteiger partial charge in [-0.1, -0.05) is 18.2 Å². The van der Waals surface area contributed by atoms with E-state index in [2.05, 4.69) is 10.0 Å². The van der Waals surface area contributed by atoms with Crippen molar-refractivity contribution in [2.45, 2.75) is 56.9 Å². The summed E-state index contributed by atoms with van der Waals surface area (Å²) in [5.74, 6) is 0.715. The SMILES string of the molecule is COc1ccc(CNC(=O)CCCNS(=O)(=O)c2ccc3c(c2)CCCC3)cc1C. The molecule has 6 nitrogen and oxygen atoms in total. The zero-order valence-electron chi connectivity index (χ0n) is 17.7. The second-order valence-electron chi connectivity index (χ2n) is 7.72. The maximum atomic E-state index is 12.5. The Morgan fingerprint density at radius 1 is 1.07 bits per heavy atom. The summed E-state index contributed by atoms with van der Waals surface area (Å²) >= 11 is 0. The molecule has 1 aliphatic rings. The van der Waals surface area contributed by atoms with Crippen molar-refractivity contribution < 1.29 is 17.9 Å². The van der Waals surface area contributed by atoms with E-state index in [-0.39, 0.29) is 18.9 Å². The van der Waals surface area contributed by atoms with Crippen molar-refractivity contribution in [2.24, 2.45) is 0 Å². The number of ether oxygens (including phenoxy) is 1. The molecule has 0 saturated carbocycles. The van der Waals surface area contributed by atoms with Crippen molar-refractivity contribution in [1.82, 2.24) is 10.0 Å². The highest BCUT2D eigenvalue weighted by Crippen LogP contribution is 2.24. The fourth-order valence-corrected chi connectivity index (χ4v) is 4.88. The Labute approximate surface area is 179 Å². The summed E-state index contributed by atoms with van der Waals surface area (Å²) in [6, 6.07) is 11.2. The van der Waals surface area contributed by atoms with Crippen LogP contribution in [0.15, 0.2) is 41.3 Å². The minimum atomic E-state index is -3.55. The molecule has 0 heterocycles. The van der Waals surface area contributed by atoms with Crippen LogP contribution in [0.5, 0.6) is 5.75 Å². The largest absolute Gasteiger partial charge is 0.496 e. The molecule has 0 bridgehead atoms. The van der Waals surface area contributed by atoms with E-state index >= 15 is 0 Å². The van der Waals surface area contributed by atoms with E-state index in [4.69, 9.17) is 4.74 Å². The smallest absolute Gasteiger partial charge is 0.240 e. The second kappa shape index (κ2) is 10.1. The van der Waals surface area contributed by atoms with E-state index in [0.717, 1.165) is 48.1 Å². The van der Waals surface area contributed by atoms with Gasteiger partial charge in [0.1, 0.15) is 5.75 Å². The first-order valence-corrected chi connectivity index (χ1v) is 11.9. The van der Waals surface area contributed by atoms with Crippen LogP contribution in [-0.4, -0.2) is 28.0 Å². The number of sulfonamides is 1. The summed E-state index contributed by atoms with van der Waals surface area (Å²) in [6.45, 7) is 2.62. The molecule has 0 spiro atoms. The van der Waals surface area contributed by atoms with E-state index in [1.54, 1.807) is 19.2 Å². The van der Waals surface area contributed by atoms with Crippen molar-refractivity contribution in [1.29, 1.82) is 0 Å². The Hall–Kier alpha value is -2.38. The maximum Gasteiger partial charge on any atom is 0.240 e. The van der Waals surface area contributed by atoms with Gasteiger partial charge in [0, 0.05) is 19.5 Å². The molecule has 0 unspecified atom stereocenters. The molecule has 30 heavy (non-hydrogen) atoms. The van der Waals surface area contributed by atoms with E-state index in [1.165, 1.54) is 5.56 Å². The molecule has 2 N–H and O–H groups in total. The Balaban J connectivity index is 1.42. The maximum absolute atomic E-state index is 12.5. The fourth-order valence-electron chi connectivity index (χ4n) is 3.76. The van der Waals surface area contributed by atoms with Crippen LogP contribution >= 0.6 is 0 Å². The summed E-state index contributed by atoms with van der Waals surface area (Å²) in [7, 11) is -1.92. The number of aryl methyl sites for hydroxylation is 3. The van der Waals surface area contributed by atoms with Gasteiger partial charge in [0.15, 0.2) is 0 Å². The summed E-state index contributed by atoms with van der Waals surface area (Å²) < 4.78 is 32.9. The molecule has 0 atom stereocenters. The van der Waals surface area contributed by atoms with E-state index in [1.807, 2.05) is 31.2 Å². The van der Waals surface area contributed by atoms with Crippen LogP contribution in [0.4, 0.5) is 0 Å². The molecule has 0 aliphatic heterocycles. The minimum Gasteiger partial charge on any atom is -0.496 e. The van der Waals surface area contributed by atoms with Crippen molar-refractivity contribution in [3.8, 4) is 5.75 Å². The molecule has 0 saturated heterocycles. The van der Waals surface area contributed by atoms with Gasteiger partial charge in [0.05, 0.1) is 12.0 Å². The molecular formula is C23H30N2O4S. The van der Waals surface area contributed by atoms with Crippen LogP contribution in [0.1, 0.15) is 47.9 Å². The van der Waals surface area contributed by atoms with Crippen LogP contribution in [0.3, 0.4) is 0 Å². The van der Waals surface area contributed by atoms with Gasteiger partial charge in [-0.3, -0.25) is 4.79 Å². The van der Waals surface area contributed by atoms with Gasteiger partial charge in [0.25, 0.3) is 0 Å². The molecule has 3 rings (SSSR count). The minimum absolute atomic E-state index is 0.101. The molecule has 2 aromatic rings. The number of rotatable bonds is 9. The van der Waals surface area contributed by atoms with Gasteiger partial charge < -0.3 is 10.1 Å². The van der Waals surface area contributed by atoms with Crippen molar-refractivity contribution >= 4 is 15.9 Å². The molecule has 162 valence electrons. The first-order valence-electron chi connectivity index (χ1n) is 10.4. The Morgan fingerprint density at radius 3 is 2.57 bits per heavy atom. The number of methoxy groups -OCH3 is 1. The zero-order valence-corrected chi connectivity index (χ0v) is 18.5. The van der Waals surface area contributed by atoms with E-state index < -0.39 is 10.0 Å². The van der Waals surface area contributed by atoms with Crippen LogP contribution in [0, 0.1) is 6.92 Å². The summed E-state index contributed by atoms with van der Waals surface area (Å²) in [5.41, 5.74) is 4.40. The number of carbonyl (C=O) groups excluding carboxylic acids is 1. The number of amides is 1. The quantitative estimate of drug-likeness (QED) is 0.598. The number of nitrogens with one attached hydrogen (secondary N) is 2. The molecule has 0 aromatic heterocycles. The summed E-state index contributed by atoms with van der Waals surface area (Å²) in [4.78, 5) is 12.4. The van der Waals surface area contributed by atoms with Gasteiger partial charge in [-0.25, -0.2) is 13.1 Å². The highest BCUT2D eigenvalue weighted by Gasteiger charge is 2.17. The third kappa shape index (κ3) is 5.83. The van der Waals surface area contributed by atoms with E-state index in [9.17, 15) is 13.2 Å². The average Bonchev–Trinajstić information content (AvgIpc) is 2.75. The lowest BCUT2D eigenvalue weighted by atomic mass is 9.92. The van der Waals surface area contributed by atoms with Gasteiger partial charge >= 0.3 is 0 Å². The predicted octanol–water partition coefficient (Wildman–Crippen LogP) is 3.26. The fraction of sp³-hybridized carbons (Fsp3) is 0.435. The van der Waals surface area contributed by atoms with Crippen LogP contribution < -0.4 is 14.8 Å². The van der Waals surface area contributed by atoms with Gasteiger partial charge in [-0.05, 0) is 79.5 Å². The molecule has 0 radical (unpaired) electrons. The average molecular weight is 431 g/mol. The second-order valence-corrected chi connectivity index (χ2v) is 9.49. The standard InChI is InChI=1S/C23H30N2O4S/c1-17-14-18(9-12-22(17)29-2)16-24-23(26)8-5-13-25-30(27,28)21-11-10-19-6-3-4-7-20(19)15-21/h9-12,14-15,25H,3-8,13,16H2,1-2H3,(H,24,26). The summed E-state index contributed by atoms with van der Waals surface area (Å²) in [5, 5.41) is 2.87. The van der Waals surface area contributed by atoms with Crippen molar-refractivity contribution in [2.75, 3.05) is 13.7 Å². The number of fused-ring (bicyclic) bond motifs is 1. The highest BCUT2D eigenvalue weighted by molar-refractivity contribution is 7.89. The Bertz CT molecular complexity index is 1000. The molecule has 7 heteroatoms.